The van der Waals surface area contributed by atoms with Crippen LogP contribution in [0.2, 0.25) is 0 Å². The number of anilines is 1. The third kappa shape index (κ3) is 2.20. The lowest BCUT2D eigenvalue weighted by Gasteiger charge is -2.32. The van der Waals surface area contributed by atoms with Crippen LogP contribution in [0.5, 0.6) is 0 Å². The zero-order valence-corrected chi connectivity index (χ0v) is 10.7. The minimum absolute atomic E-state index is 0.270. The van der Waals surface area contributed by atoms with E-state index >= 15 is 0 Å². The Hall–Kier alpha value is -0.670. The molecule has 0 bridgehead atoms. The van der Waals surface area contributed by atoms with E-state index in [-0.39, 0.29) is 6.61 Å². The van der Waals surface area contributed by atoms with Gasteiger partial charge in [0.25, 0.3) is 0 Å². The summed E-state index contributed by atoms with van der Waals surface area (Å²) in [6, 6.07) is 6.91. The van der Waals surface area contributed by atoms with Gasteiger partial charge in [0.1, 0.15) is 0 Å². The molecule has 2 unspecified atom stereocenters. The van der Waals surface area contributed by atoms with E-state index in [1.54, 1.807) is 0 Å². The van der Waals surface area contributed by atoms with Crippen molar-refractivity contribution >= 4 is 17.4 Å². The van der Waals surface area contributed by atoms with Crippen molar-refractivity contribution in [3.05, 3.63) is 23.8 Å². The SMILES string of the molecule is CCc1cccc2c1NC(C)C(CCO)S2. The van der Waals surface area contributed by atoms with E-state index < -0.39 is 0 Å². The number of aliphatic hydroxyl groups is 1. The second kappa shape index (κ2) is 5.11. The molecule has 88 valence electrons. The molecule has 1 aromatic carbocycles. The lowest BCUT2D eigenvalue weighted by molar-refractivity contribution is 0.284. The maximum atomic E-state index is 9.04. The number of hydrogen-bond acceptors (Lipinski definition) is 3. The Labute approximate surface area is 101 Å². The maximum Gasteiger partial charge on any atom is 0.0513 e. The second-order valence-electron chi connectivity index (χ2n) is 4.25. The van der Waals surface area contributed by atoms with Gasteiger partial charge in [-0.05, 0) is 31.4 Å². The first kappa shape index (κ1) is 11.8. The molecule has 1 aliphatic rings. The molecule has 2 N–H and O–H groups in total. The number of para-hydroxylation sites is 1. The van der Waals surface area contributed by atoms with E-state index in [4.69, 9.17) is 5.11 Å². The molecule has 1 aliphatic heterocycles. The fraction of sp³-hybridized carbons (Fsp3) is 0.538. The molecular formula is C13H19NOS. The van der Waals surface area contributed by atoms with Gasteiger partial charge in [-0.3, -0.25) is 0 Å². The highest BCUT2D eigenvalue weighted by Gasteiger charge is 2.25. The quantitative estimate of drug-likeness (QED) is 0.848. The Kier molecular flexibility index (Phi) is 3.77. The van der Waals surface area contributed by atoms with Crippen LogP contribution in [0.15, 0.2) is 23.1 Å². The molecule has 2 rings (SSSR count). The van der Waals surface area contributed by atoms with Gasteiger partial charge in [-0.15, -0.1) is 11.8 Å². The molecule has 1 heterocycles. The zero-order chi connectivity index (χ0) is 11.5. The topological polar surface area (TPSA) is 32.3 Å². The number of fused-ring (bicyclic) bond motifs is 1. The predicted molar refractivity (Wildman–Crippen MR) is 70.3 cm³/mol. The smallest absolute Gasteiger partial charge is 0.0513 e. The number of hydrogen-bond donors (Lipinski definition) is 2. The molecule has 2 atom stereocenters. The van der Waals surface area contributed by atoms with Crippen LogP contribution >= 0.6 is 11.8 Å². The fourth-order valence-corrected chi connectivity index (χ4v) is 3.44. The van der Waals surface area contributed by atoms with Crippen LogP contribution < -0.4 is 5.32 Å². The second-order valence-corrected chi connectivity index (χ2v) is 5.53. The number of nitrogens with one attached hydrogen (secondary N) is 1. The van der Waals surface area contributed by atoms with Crippen molar-refractivity contribution < 1.29 is 5.11 Å². The largest absolute Gasteiger partial charge is 0.396 e. The molecule has 0 aliphatic carbocycles. The van der Waals surface area contributed by atoms with E-state index in [0.717, 1.165) is 12.8 Å². The third-order valence-electron chi connectivity index (χ3n) is 3.12. The molecule has 0 spiro atoms. The lowest BCUT2D eigenvalue weighted by atomic mass is 10.1. The number of rotatable bonds is 3. The number of thioether (sulfide) groups is 1. The minimum atomic E-state index is 0.270. The summed E-state index contributed by atoms with van der Waals surface area (Å²) >= 11 is 1.90. The van der Waals surface area contributed by atoms with Crippen LogP contribution in [0.3, 0.4) is 0 Å². The standard InChI is InChI=1S/C13H19NOS/c1-3-10-5-4-6-12-13(10)14-9(2)11(16-12)7-8-15/h4-6,9,11,14-15H,3,7-8H2,1-2H3. The van der Waals surface area contributed by atoms with Crippen LogP contribution in [0.4, 0.5) is 5.69 Å². The van der Waals surface area contributed by atoms with Crippen molar-refractivity contribution in [2.24, 2.45) is 0 Å². The van der Waals surface area contributed by atoms with Crippen LogP contribution in [-0.4, -0.2) is 23.0 Å². The van der Waals surface area contributed by atoms with Crippen molar-refractivity contribution in [3.8, 4) is 0 Å². The normalized spacial score (nSPS) is 23.7. The average Bonchev–Trinajstić information content (AvgIpc) is 2.30. The van der Waals surface area contributed by atoms with Gasteiger partial charge >= 0.3 is 0 Å². The predicted octanol–water partition coefficient (Wildman–Crippen LogP) is 2.91. The van der Waals surface area contributed by atoms with Crippen molar-refractivity contribution in [1.29, 1.82) is 0 Å². The van der Waals surface area contributed by atoms with Crippen molar-refractivity contribution in [1.82, 2.24) is 0 Å². The monoisotopic (exact) mass is 237 g/mol. The number of aliphatic hydroxyl groups excluding tert-OH is 1. The van der Waals surface area contributed by atoms with Gasteiger partial charge in [0.05, 0.1) is 5.69 Å². The molecule has 3 heteroatoms. The van der Waals surface area contributed by atoms with Gasteiger partial charge in [-0.25, -0.2) is 0 Å². The molecule has 0 saturated heterocycles. The summed E-state index contributed by atoms with van der Waals surface area (Å²) < 4.78 is 0. The summed E-state index contributed by atoms with van der Waals surface area (Å²) in [5, 5.41) is 13.1. The third-order valence-corrected chi connectivity index (χ3v) is 4.66. The van der Waals surface area contributed by atoms with Crippen molar-refractivity contribution in [2.75, 3.05) is 11.9 Å². The first-order chi connectivity index (χ1) is 7.76. The molecule has 1 aromatic rings. The number of benzene rings is 1. The lowest BCUT2D eigenvalue weighted by Crippen LogP contribution is -2.33. The summed E-state index contributed by atoms with van der Waals surface area (Å²) in [6.45, 7) is 4.65. The Balaban J connectivity index is 2.27. The van der Waals surface area contributed by atoms with E-state index in [1.807, 2.05) is 11.8 Å². The van der Waals surface area contributed by atoms with Crippen LogP contribution in [0.1, 0.15) is 25.8 Å². The Bertz CT molecular complexity index is 367. The van der Waals surface area contributed by atoms with E-state index in [0.29, 0.717) is 11.3 Å². The molecule has 0 saturated carbocycles. The maximum absolute atomic E-state index is 9.04. The summed E-state index contributed by atoms with van der Waals surface area (Å²) in [6.07, 6.45) is 1.92. The first-order valence-electron chi connectivity index (χ1n) is 5.92. The Morgan fingerprint density at radius 3 is 2.94 bits per heavy atom. The van der Waals surface area contributed by atoms with E-state index in [9.17, 15) is 0 Å². The van der Waals surface area contributed by atoms with Gasteiger partial charge < -0.3 is 10.4 Å². The molecule has 0 amide bonds. The molecular weight excluding hydrogens is 218 g/mol. The Morgan fingerprint density at radius 1 is 1.44 bits per heavy atom. The van der Waals surface area contributed by atoms with Crippen LogP contribution in [-0.2, 0) is 6.42 Å². The number of aryl methyl sites for hydroxylation is 1. The van der Waals surface area contributed by atoms with E-state index in [1.165, 1.54) is 16.1 Å². The molecule has 0 radical (unpaired) electrons. The highest BCUT2D eigenvalue weighted by molar-refractivity contribution is 8.00. The average molecular weight is 237 g/mol. The summed E-state index contributed by atoms with van der Waals surface area (Å²) in [4.78, 5) is 1.33. The van der Waals surface area contributed by atoms with Crippen molar-refractivity contribution in [2.45, 2.75) is 42.9 Å². The van der Waals surface area contributed by atoms with Crippen LogP contribution in [0.25, 0.3) is 0 Å². The minimum Gasteiger partial charge on any atom is -0.396 e. The summed E-state index contributed by atoms with van der Waals surface area (Å²) in [7, 11) is 0. The molecule has 2 nitrogen and oxygen atoms in total. The van der Waals surface area contributed by atoms with Crippen molar-refractivity contribution in [3.63, 3.8) is 0 Å². The summed E-state index contributed by atoms with van der Waals surface area (Å²) in [5.74, 6) is 0. The molecule has 16 heavy (non-hydrogen) atoms. The zero-order valence-electron chi connectivity index (χ0n) is 9.86. The first-order valence-corrected chi connectivity index (χ1v) is 6.80. The van der Waals surface area contributed by atoms with E-state index in [2.05, 4.69) is 37.4 Å². The molecule has 0 aromatic heterocycles. The van der Waals surface area contributed by atoms with Gasteiger partial charge in [0, 0.05) is 22.8 Å². The fourth-order valence-electron chi connectivity index (χ4n) is 2.16. The Morgan fingerprint density at radius 2 is 2.25 bits per heavy atom. The van der Waals surface area contributed by atoms with Gasteiger partial charge in [0.2, 0.25) is 0 Å². The summed E-state index contributed by atoms with van der Waals surface area (Å²) in [5.41, 5.74) is 2.69. The highest BCUT2D eigenvalue weighted by Crippen LogP contribution is 2.40. The van der Waals surface area contributed by atoms with Gasteiger partial charge in [-0.2, -0.15) is 0 Å². The highest BCUT2D eigenvalue weighted by atomic mass is 32.2. The van der Waals surface area contributed by atoms with Gasteiger partial charge in [0.15, 0.2) is 0 Å². The van der Waals surface area contributed by atoms with Crippen LogP contribution in [0, 0.1) is 0 Å². The molecule has 0 fully saturated rings. The van der Waals surface area contributed by atoms with Gasteiger partial charge in [-0.1, -0.05) is 19.1 Å².